The Morgan fingerprint density at radius 1 is 1.52 bits per heavy atom. The van der Waals surface area contributed by atoms with Gasteiger partial charge < -0.3 is 20.7 Å². The van der Waals surface area contributed by atoms with Crippen molar-refractivity contribution in [2.75, 3.05) is 25.5 Å². The molecule has 3 N–H and O–H groups in total. The predicted molar refractivity (Wildman–Crippen MR) is 84.3 cm³/mol. The number of ether oxygens (including phenoxy) is 1. The Bertz CT molecular complexity index is 504. The SMILES string of the molecule is COC1(C)CCCN(C(=O)Nc2cccc(C(C)N)c2)C1. The fraction of sp³-hybridized carbons (Fsp3) is 0.562. The quantitative estimate of drug-likeness (QED) is 0.899. The molecule has 2 atom stereocenters. The molecular weight excluding hydrogens is 266 g/mol. The first-order valence-electron chi connectivity index (χ1n) is 7.40. The molecule has 1 fully saturated rings. The molecule has 0 aromatic heterocycles. The number of urea groups is 1. The van der Waals surface area contributed by atoms with Crippen molar-refractivity contribution >= 4 is 11.7 Å². The standard InChI is InChI=1S/C16H25N3O2/c1-12(17)13-6-4-7-14(10-13)18-15(20)19-9-5-8-16(2,11-19)21-3/h4,6-7,10,12H,5,8-9,11,17H2,1-3H3,(H,18,20). The summed E-state index contributed by atoms with van der Waals surface area (Å²) in [4.78, 5) is 14.2. The van der Waals surface area contributed by atoms with Gasteiger partial charge in [-0.25, -0.2) is 4.79 Å². The van der Waals surface area contributed by atoms with E-state index in [0.29, 0.717) is 6.54 Å². The van der Waals surface area contributed by atoms with Crippen LogP contribution in [-0.2, 0) is 4.74 Å². The monoisotopic (exact) mass is 291 g/mol. The number of nitrogens with one attached hydrogen (secondary N) is 1. The first-order valence-corrected chi connectivity index (χ1v) is 7.40. The molecule has 1 aromatic rings. The van der Waals surface area contributed by atoms with Gasteiger partial charge in [-0.05, 0) is 44.4 Å². The Labute approximate surface area is 126 Å². The lowest BCUT2D eigenvalue weighted by atomic mass is 9.95. The summed E-state index contributed by atoms with van der Waals surface area (Å²) in [5.74, 6) is 0. The molecule has 0 aliphatic carbocycles. The van der Waals surface area contributed by atoms with E-state index in [1.807, 2.05) is 43.0 Å². The lowest BCUT2D eigenvalue weighted by molar-refractivity contribution is -0.0389. The molecule has 1 aliphatic heterocycles. The summed E-state index contributed by atoms with van der Waals surface area (Å²) in [5, 5.41) is 2.94. The van der Waals surface area contributed by atoms with Crippen LogP contribution in [0.3, 0.4) is 0 Å². The van der Waals surface area contributed by atoms with Crippen LogP contribution in [0.5, 0.6) is 0 Å². The van der Waals surface area contributed by atoms with Gasteiger partial charge in [0.2, 0.25) is 0 Å². The summed E-state index contributed by atoms with van der Waals surface area (Å²) in [6, 6.07) is 7.53. The average molecular weight is 291 g/mol. The number of hydrogen-bond donors (Lipinski definition) is 2. The van der Waals surface area contributed by atoms with E-state index < -0.39 is 0 Å². The lowest BCUT2D eigenvalue weighted by Crippen LogP contribution is -2.50. The van der Waals surface area contributed by atoms with Crippen molar-refractivity contribution in [1.82, 2.24) is 4.90 Å². The van der Waals surface area contributed by atoms with Crippen LogP contribution < -0.4 is 11.1 Å². The van der Waals surface area contributed by atoms with Crippen molar-refractivity contribution in [2.45, 2.75) is 38.3 Å². The number of likely N-dealkylation sites (tertiary alicyclic amines) is 1. The Hall–Kier alpha value is -1.59. The normalized spacial score (nSPS) is 23.7. The number of benzene rings is 1. The largest absolute Gasteiger partial charge is 0.377 e. The first-order chi connectivity index (χ1) is 9.93. The van der Waals surface area contributed by atoms with Gasteiger partial charge in [0.15, 0.2) is 0 Å². The van der Waals surface area contributed by atoms with Gasteiger partial charge >= 0.3 is 6.03 Å². The van der Waals surface area contributed by atoms with E-state index in [0.717, 1.165) is 30.6 Å². The smallest absolute Gasteiger partial charge is 0.321 e. The second-order valence-corrected chi connectivity index (χ2v) is 6.02. The number of hydrogen-bond acceptors (Lipinski definition) is 3. The van der Waals surface area contributed by atoms with Gasteiger partial charge in [0.05, 0.1) is 12.1 Å². The number of nitrogens with two attached hydrogens (primary N) is 1. The second kappa shape index (κ2) is 6.45. The van der Waals surface area contributed by atoms with E-state index in [4.69, 9.17) is 10.5 Å². The van der Waals surface area contributed by atoms with Crippen molar-refractivity contribution in [2.24, 2.45) is 5.73 Å². The topological polar surface area (TPSA) is 67.6 Å². The van der Waals surface area contributed by atoms with Crippen molar-refractivity contribution < 1.29 is 9.53 Å². The van der Waals surface area contributed by atoms with Crippen LogP contribution in [0, 0.1) is 0 Å². The zero-order valence-electron chi connectivity index (χ0n) is 13.1. The van der Waals surface area contributed by atoms with Crippen molar-refractivity contribution in [3.8, 4) is 0 Å². The van der Waals surface area contributed by atoms with Crippen LogP contribution in [-0.4, -0.2) is 36.7 Å². The van der Waals surface area contributed by atoms with Gasteiger partial charge in [0, 0.05) is 25.4 Å². The molecule has 5 heteroatoms. The summed E-state index contributed by atoms with van der Waals surface area (Å²) >= 11 is 0. The van der Waals surface area contributed by atoms with Gasteiger partial charge in [-0.1, -0.05) is 12.1 Å². The van der Waals surface area contributed by atoms with Crippen LogP contribution in [0.1, 0.15) is 38.3 Å². The zero-order chi connectivity index (χ0) is 15.5. The third kappa shape index (κ3) is 3.95. The van der Waals surface area contributed by atoms with Gasteiger partial charge in [-0.3, -0.25) is 0 Å². The highest BCUT2D eigenvalue weighted by molar-refractivity contribution is 5.89. The number of rotatable bonds is 3. The minimum absolute atomic E-state index is 0.0476. The molecule has 1 heterocycles. The number of piperidine rings is 1. The molecule has 1 saturated heterocycles. The van der Waals surface area contributed by atoms with Crippen molar-refractivity contribution in [3.63, 3.8) is 0 Å². The summed E-state index contributed by atoms with van der Waals surface area (Å²) in [5.41, 5.74) is 7.41. The van der Waals surface area contributed by atoms with Gasteiger partial charge in [0.25, 0.3) is 0 Å². The maximum absolute atomic E-state index is 12.4. The van der Waals surface area contributed by atoms with E-state index >= 15 is 0 Å². The molecule has 21 heavy (non-hydrogen) atoms. The molecule has 0 radical (unpaired) electrons. The Balaban J connectivity index is 2.02. The number of anilines is 1. The maximum Gasteiger partial charge on any atom is 0.321 e. The fourth-order valence-corrected chi connectivity index (χ4v) is 2.65. The third-order valence-electron chi connectivity index (χ3n) is 4.10. The highest BCUT2D eigenvalue weighted by Crippen LogP contribution is 2.24. The number of carbonyl (C=O) groups excluding carboxylic acids is 1. The molecule has 2 unspecified atom stereocenters. The Morgan fingerprint density at radius 2 is 2.29 bits per heavy atom. The summed E-state index contributed by atoms with van der Waals surface area (Å²) < 4.78 is 5.52. The zero-order valence-corrected chi connectivity index (χ0v) is 13.1. The van der Waals surface area contributed by atoms with Crippen LogP contribution in [0.4, 0.5) is 10.5 Å². The molecule has 2 rings (SSSR count). The van der Waals surface area contributed by atoms with Gasteiger partial charge in [-0.2, -0.15) is 0 Å². The summed E-state index contributed by atoms with van der Waals surface area (Å²) in [6.07, 6.45) is 1.94. The van der Waals surface area contributed by atoms with Crippen molar-refractivity contribution in [3.05, 3.63) is 29.8 Å². The molecule has 1 aromatic carbocycles. The molecular formula is C16H25N3O2. The van der Waals surface area contributed by atoms with Gasteiger partial charge in [-0.15, -0.1) is 0 Å². The molecule has 0 saturated carbocycles. The minimum atomic E-state index is -0.247. The van der Waals surface area contributed by atoms with Crippen molar-refractivity contribution in [1.29, 1.82) is 0 Å². The van der Waals surface area contributed by atoms with E-state index in [9.17, 15) is 4.79 Å². The number of amides is 2. The van der Waals surface area contributed by atoms with Crippen LogP contribution >= 0.6 is 0 Å². The van der Waals surface area contributed by atoms with E-state index in [2.05, 4.69) is 5.32 Å². The molecule has 5 nitrogen and oxygen atoms in total. The highest BCUT2D eigenvalue weighted by atomic mass is 16.5. The van der Waals surface area contributed by atoms with Crippen LogP contribution in [0.2, 0.25) is 0 Å². The molecule has 0 bridgehead atoms. The number of carbonyl (C=O) groups is 1. The minimum Gasteiger partial charge on any atom is -0.377 e. The Morgan fingerprint density at radius 3 is 2.95 bits per heavy atom. The molecule has 1 aliphatic rings. The van der Waals surface area contributed by atoms with Gasteiger partial charge in [0.1, 0.15) is 0 Å². The number of nitrogens with zero attached hydrogens (tertiary/aromatic N) is 1. The molecule has 0 spiro atoms. The maximum atomic E-state index is 12.4. The summed E-state index contributed by atoms with van der Waals surface area (Å²) in [7, 11) is 1.70. The predicted octanol–water partition coefficient (Wildman–Crippen LogP) is 2.74. The lowest BCUT2D eigenvalue weighted by Gasteiger charge is -2.39. The van der Waals surface area contributed by atoms with E-state index in [1.165, 1.54) is 0 Å². The highest BCUT2D eigenvalue weighted by Gasteiger charge is 2.33. The number of methoxy groups -OCH3 is 1. The average Bonchev–Trinajstić information content (AvgIpc) is 2.47. The fourth-order valence-electron chi connectivity index (χ4n) is 2.65. The van der Waals surface area contributed by atoms with E-state index in [-0.39, 0.29) is 17.7 Å². The van der Waals surface area contributed by atoms with E-state index in [1.54, 1.807) is 7.11 Å². The third-order valence-corrected chi connectivity index (χ3v) is 4.10. The summed E-state index contributed by atoms with van der Waals surface area (Å²) in [6.45, 7) is 5.35. The van der Waals surface area contributed by atoms with Crippen LogP contribution in [0.25, 0.3) is 0 Å². The Kier molecular flexibility index (Phi) is 4.85. The van der Waals surface area contributed by atoms with Crippen LogP contribution in [0.15, 0.2) is 24.3 Å². The molecule has 2 amide bonds. The second-order valence-electron chi connectivity index (χ2n) is 6.02. The first kappa shape index (κ1) is 15.8. The molecule has 116 valence electrons.